The lowest BCUT2D eigenvalue weighted by Crippen LogP contribution is -2.29. The Hall–Kier alpha value is -3.83. The molecule has 0 radical (unpaired) electrons. The number of H-pyrrole nitrogens is 2. The zero-order valence-electron chi connectivity index (χ0n) is 20.1. The molecule has 35 heavy (non-hydrogen) atoms. The summed E-state index contributed by atoms with van der Waals surface area (Å²) in [5.41, 5.74) is 4.49. The number of hydrogen-bond acceptors (Lipinski definition) is 3. The van der Waals surface area contributed by atoms with Crippen LogP contribution in [0.1, 0.15) is 25.3 Å². The summed E-state index contributed by atoms with van der Waals surface area (Å²) in [6.45, 7) is 5.73. The quantitative estimate of drug-likeness (QED) is 0.252. The maximum absolute atomic E-state index is 12.7. The first-order valence-electron chi connectivity index (χ1n) is 12.3. The maximum atomic E-state index is 12.7. The molecule has 0 spiro atoms. The Morgan fingerprint density at radius 1 is 0.800 bits per heavy atom. The first-order chi connectivity index (χ1) is 17.2. The van der Waals surface area contributed by atoms with Gasteiger partial charge in [-0.2, -0.15) is 0 Å². The molecule has 178 valence electrons. The molecular formula is C30H31N3O2. The number of hydrogen-bond donors (Lipinski definition) is 2. The summed E-state index contributed by atoms with van der Waals surface area (Å²) >= 11 is 0. The summed E-state index contributed by atoms with van der Waals surface area (Å²) < 4.78 is 6.14. The molecular weight excluding hydrogens is 434 g/mol. The molecule has 0 fully saturated rings. The van der Waals surface area contributed by atoms with Crippen LogP contribution in [-0.4, -0.2) is 34.6 Å². The van der Waals surface area contributed by atoms with E-state index < -0.39 is 0 Å². The van der Waals surface area contributed by atoms with Crippen LogP contribution in [0, 0.1) is 0 Å². The fourth-order valence-electron chi connectivity index (χ4n) is 4.48. The van der Waals surface area contributed by atoms with E-state index in [-0.39, 0.29) is 5.56 Å². The monoisotopic (exact) mass is 465 g/mol. The summed E-state index contributed by atoms with van der Waals surface area (Å²) in [4.78, 5) is 21.5. The van der Waals surface area contributed by atoms with Crippen molar-refractivity contribution in [2.75, 3.05) is 19.7 Å². The smallest absolute Gasteiger partial charge is 0.257 e. The normalized spacial score (nSPS) is 11.5. The minimum atomic E-state index is -0.0997. The van der Waals surface area contributed by atoms with Crippen molar-refractivity contribution in [3.8, 4) is 17.0 Å². The summed E-state index contributed by atoms with van der Waals surface area (Å²) in [5.74, 6) is 0.839. The number of unbranched alkanes of at least 4 members (excludes halogenated alkanes) is 1. The predicted octanol–water partition coefficient (Wildman–Crippen LogP) is 6.36. The molecule has 5 aromatic rings. The molecule has 5 heteroatoms. The molecule has 3 aromatic carbocycles. The molecule has 0 aliphatic carbocycles. The van der Waals surface area contributed by atoms with Crippen LogP contribution in [0.5, 0.6) is 5.75 Å². The van der Waals surface area contributed by atoms with Crippen LogP contribution >= 0.6 is 0 Å². The Bertz CT molecular complexity index is 1470. The van der Waals surface area contributed by atoms with Crippen LogP contribution in [-0.2, 0) is 6.54 Å². The van der Waals surface area contributed by atoms with Gasteiger partial charge in [-0.05, 0) is 60.3 Å². The molecule has 0 unspecified atom stereocenters. The molecule has 0 saturated heterocycles. The highest BCUT2D eigenvalue weighted by Gasteiger charge is 2.10. The molecule has 5 rings (SSSR count). The van der Waals surface area contributed by atoms with Crippen LogP contribution in [0.2, 0.25) is 0 Å². The van der Waals surface area contributed by atoms with E-state index in [1.807, 2.05) is 54.6 Å². The van der Waals surface area contributed by atoms with Gasteiger partial charge in [0.25, 0.3) is 5.56 Å². The van der Waals surface area contributed by atoms with Gasteiger partial charge in [0.05, 0.1) is 11.3 Å². The molecule has 2 N–H and O–H groups in total. The molecule has 5 nitrogen and oxygen atoms in total. The fourth-order valence-corrected chi connectivity index (χ4v) is 4.48. The zero-order chi connectivity index (χ0) is 24.0. The van der Waals surface area contributed by atoms with Gasteiger partial charge in [0.2, 0.25) is 0 Å². The molecule has 0 aliphatic heterocycles. The minimum absolute atomic E-state index is 0.0997. The Kier molecular flexibility index (Phi) is 6.96. The number of aromatic nitrogens is 2. The number of fused-ring (bicyclic) bond motifs is 2. The average molecular weight is 466 g/mol. The van der Waals surface area contributed by atoms with Crippen molar-refractivity contribution in [2.24, 2.45) is 0 Å². The number of pyridine rings is 1. The van der Waals surface area contributed by atoms with Gasteiger partial charge >= 0.3 is 0 Å². The second kappa shape index (κ2) is 10.6. The van der Waals surface area contributed by atoms with Crippen LogP contribution in [0.15, 0.2) is 89.7 Å². The van der Waals surface area contributed by atoms with E-state index in [9.17, 15) is 4.79 Å². The van der Waals surface area contributed by atoms with Gasteiger partial charge in [-0.25, -0.2) is 0 Å². The second-order valence-corrected chi connectivity index (χ2v) is 9.00. The van der Waals surface area contributed by atoms with Crippen LogP contribution < -0.4 is 10.3 Å². The van der Waals surface area contributed by atoms with E-state index in [1.54, 1.807) is 0 Å². The average Bonchev–Trinajstić information content (AvgIpc) is 3.30. The Morgan fingerprint density at radius 3 is 2.46 bits per heavy atom. The highest BCUT2D eigenvalue weighted by molar-refractivity contribution is 5.89. The lowest BCUT2D eigenvalue weighted by atomic mass is 10.1. The van der Waals surface area contributed by atoms with E-state index in [2.05, 4.69) is 52.1 Å². The second-order valence-electron chi connectivity index (χ2n) is 9.00. The molecule has 0 bridgehead atoms. The summed E-state index contributed by atoms with van der Waals surface area (Å²) in [7, 11) is 0. The third-order valence-corrected chi connectivity index (χ3v) is 6.39. The highest BCUT2D eigenvalue weighted by atomic mass is 16.5. The number of aromatic amines is 2. The summed E-state index contributed by atoms with van der Waals surface area (Å²) in [6, 6.07) is 28.4. The van der Waals surface area contributed by atoms with E-state index in [0.29, 0.717) is 12.2 Å². The largest absolute Gasteiger partial charge is 0.492 e. The van der Waals surface area contributed by atoms with E-state index in [1.165, 1.54) is 18.4 Å². The van der Waals surface area contributed by atoms with Crippen molar-refractivity contribution in [1.29, 1.82) is 0 Å². The van der Waals surface area contributed by atoms with Crippen molar-refractivity contribution in [3.63, 3.8) is 0 Å². The number of nitrogens with one attached hydrogen (secondary N) is 2. The van der Waals surface area contributed by atoms with Crippen molar-refractivity contribution < 1.29 is 4.74 Å². The number of nitrogens with zero attached hydrogens (tertiary/aromatic N) is 1. The number of benzene rings is 3. The van der Waals surface area contributed by atoms with Gasteiger partial charge in [0, 0.05) is 29.5 Å². The molecule has 2 heterocycles. The van der Waals surface area contributed by atoms with Crippen LogP contribution in [0.25, 0.3) is 33.1 Å². The number of ether oxygens (including phenoxy) is 1. The predicted molar refractivity (Wildman–Crippen MR) is 144 cm³/mol. The van der Waals surface area contributed by atoms with Gasteiger partial charge in [0.15, 0.2) is 0 Å². The lowest BCUT2D eigenvalue weighted by molar-refractivity contribution is 0.200. The Balaban J connectivity index is 1.28. The van der Waals surface area contributed by atoms with Crippen LogP contribution in [0.3, 0.4) is 0 Å². The first-order valence-corrected chi connectivity index (χ1v) is 12.3. The topological polar surface area (TPSA) is 61.1 Å². The minimum Gasteiger partial charge on any atom is -0.492 e. The maximum Gasteiger partial charge on any atom is 0.257 e. The number of rotatable bonds is 10. The van der Waals surface area contributed by atoms with Gasteiger partial charge in [-0.1, -0.05) is 61.9 Å². The van der Waals surface area contributed by atoms with Crippen molar-refractivity contribution in [3.05, 3.63) is 101 Å². The van der Waals surface area contributed by atoms with E-state index >= 15 is 0 Å². The van der Waals surface area contributed by atoms with Crippen molar-refractivity contribution in [2.45, 2.75) is 26.3 Å². The Labute approximate surface area is 205 Å². The SMILES string of the molecule is CCCCN(CCOc1ccc2[nH]c(-c3cc4ccccc4[nH]c3=O)cc2c1)Cc1ccccc1. The van der Waals surface area contributed by atoms with Gasteiger partial charge in [0.1, 0.15) is 12.4 Å². The van der Waals surface area contributed by atoms with E-state index in [0.717, 1.165) is 52.9 Å². The third-order valence-electron chi connectivity index (χ3n) is 6.39. The molecule has 0 saturated carbocycles. The van der Waals surface area contributed by atoms with Crippen molar-refractivity contribution in [1.82, 2.24) is 14.9 Å². The summed E-state index contributed by atoms with van der Waals surface area (Å²) in [5, 5.41) is 2.03. The van der Waals surface area contributed by atoms with Crippen molar-refractivity contribution >= 4 is 21.8 Å². The van der Waals surface area contributed by atoms with Gasteiger partial charge in [-0.3, -0.25) is 9.69 Å². The fraction of sp³-hybridized carbons (Fsp3) is 0.233. The van der Waals surface area contributed by atoms with Crippen LogP contribution in [0.4, 0.5) is 0 Å². The Morgan fingerprint density at radius 2 is 1.60 bits per heavy atom. The zero-order valence-corrected chi connectivity index (χ0v) is 20.1. The first kappa shape index (κ1) is 22.9. The molecule has 2 aromatic heterocycles. The lowest BCUT2D eigenvalue weighted by Gasteiger charge is -2.22. The molecule has 0 amide bonds. The molecule has 0 atom stereocenters. The summed E-state index contributed by atoms with van der Waals surface area (Å²) in [6.07, 6.45) is 2.36. The van der Waals surface area contributed by atoms with Gasteiger partial charge in [-0.15, -0.1) is 0 Å². The van der Waals surface area contributed by atoms with E-state index in [4.69, 9.17) is 4.74 Å². The standard InChI is InChI=1S/C30H31N3O2/c1-2-3-15-33(21-22-9-5-4-6-10-22)16-17-35-25-13-14-28-24(18-25)20-29(31-28)26-19-23-11-7-8-12-27(23)32-30(26)34/h4-14,18-20,31H,2-3,15-17,21H2,1H3,(H,32,34). The third kappa shape index (κ3) is 5.47. The molecule has 0 aliphatic rings. The highest BCUT2D eigenvalue weighted by Crippen LogP contribution is 2.27. The number of para-hydroxylation sites is 1. The van der Waals surface area contributed by atoms with Gasteiger partial charge < -0.3 is 14.7 Å².